The van der Waals surface area contributed by atoms with Crippen molar-refractivity contribution < 1.29 is 9.53 Å². The number of rotatable bonds is 5. The van der Waals surface area contributed by atoms with Gasteiger partial charge in [-0.3, -0.25) is 4.79 Å². The molecule has 1 N–H and O–H groups in total. The topological polar surface area (TPSA) is 50.7 Å². The van der Waals surface area contributed by atoms with Crippen molar-refractivity contribution in [2.45, 2.75) is 33.6 Å². The van der Waals surface area contributed by atoms with E-state index in [4.69, 9.17) is 4.74 Å². The summed E-state index contributed by atoms with van der Waals surface area (Å²) < 4.78 is 5.35. The van der Waals surface area contributed by atoms with E-state index in [1.54, 1.807) is 0 Å². The molecule has 0 aliphatic rings. The van der Waals surface area contributed by atoms with Crippen molar-refractivity contribution in [3.05, 3.63) is 29.8 Å². The molecule has 0 saturated carbocycles. The second-order valence-electron chi connectivity index (χ2n) is 4.61. The molecule has 0 aromatic heterocycles. The molecule has 0 saturated heterocycles. The molecule has 1 aromatic rings. The highest BCUT2D eigenvalue weighted by Crippen LogP contribution is 2.18. The van der Waals surface area contributed by atoms with Gasteiger partial charge in [0, 0.05) is 5.71 Å². The van der Waals surface area contributed by atoms with Gasteiger partial charge in [0.05, 0.1) is 0 Å². The van der Waals surface area contributed by atoms with Gasteiger partial charge < -0.3 is 4.74 Å². The van der Waals surface area contributed by atoms with Crippen LogP contribution >= 0.6 is 0 Å². The van der Waals surface area contributed by atoms with Crippen LogP contribution in [0.3, 0.4) is 0 Å². The summed E-state index contributed by atoms with van der Waals surface area (Å²) in [6, 6.07) is 7.76. The van der Waals surface area contributed by atoms with Crippen LogP contribution in [-0.2, 0) is 4.79 Å². The van der Waals surface area contributed by atoms with Crippen LogP contribution in [0.5, 0.6) is 5.75 Å². The molecule has 1 aromatic carbocycles. The quantitative estimate of drug-likeness (QED) is 0.643. The molecule has 0 aliphatic heterocycles. The Bertz CT molecular complexity index is 418. The van der Waals surface area contributed by atoms with Gasteiger partial charge in [-0.1, -0.05) is 26.0 Å². The first-order chi connectivity index (χ1) is 8.49. The Labute approximate surface area is 108 Å². The molecule has 1 amide bonds. The maximum absolute atomic E-state index is 11.4. The minimum atomic E-state index is -0.260. The second-order valence-corrected chi connectivity index (χ2v) is 4.61. The Balaban J connectivity index is 2.44. The third-order valence-electron chi connectivity index (χ3n) is 2.32. The van der Waals surface area contributed by atoms with E-state index in [0.717, 1.165) is 5.71 Å². The lowest BCUT2D eigenvalue weighted by Crippen LogP contribution is -2.25. The summed E-state index contributed by atoms with van der Waals surface area (Å²) in [6.45, 7) is 7.86. The Morgan fingerprint density at radius 2 is 1.89 bits per heavy atom. The summed E-state index contributed by atoms with van der Waals surface area (Å²) in [5, 5.41) is 3.81. The van der Waals surface area contributed by atoms with Gasteiger partial charge in [-0.05, 0) is 37.5 Å². The molecule has 4 heteroatoms. The van der Waals surface area contributed by atoms with Gasteiger partial charge >= 0.3 is 0 Å². The third kappa shape index (κ3) is 4.99. The van der Waals surface area contributed by atoms with E-state index in [2.05, 4.69) is 24.4 Å². The molecule has 1 rings (SSSR count). The lowest BCUT2D eigenvalue weighted by atomic mass is 10.0. The zero-order chi connectivity index (χ0) is 13.5. The van der Waals surface area contributed by atoms with Crippen LogP contribution in [0.2, 0.25) is 0 Å². The molecule has 0 heterocycles. The largest absolute Gasteiger partial charge is 0.484 e. The number of hydrogen-bond acceptors (Lipinski definition) is 3. The van der Waals surface area contributed by atoms with Gasteiger partial charge in [-0.15, -0.1) is 0 Å². The van der Waals surface area contributed by atoms with Gasteiger partial charge in [-0.25, -0.2) is 5.43 Å². The third-order valence-corrected chi connectivity index (χ3v) is 2.32. The number of hydrazone groups is 1. The first-order valence-corrected chi connectivity index (χ1v) is 6.01. The Hall–Kier alpha value is -1.84. The van der Waals surface area contributed by atoms with Gasteiger partial charge in [0.25, 0.3) is 5.91 Å². The SMILES string of the molecule is CC(C)=NNC(=O)COc1ccc(C(C)C)cc1. The lowest BCUT2D eigenvalue weighted by Gasteiger charge is -2.08. The summed E-state index contributed by atoms with van der Waals surface area (Å²) in [6.07, 6.45) is 0. The molecule has 0 fully saturated rings. The van der Waals surface area contributed by atoms with Gasteiger partial charge in [0.1, 0.15) is 5.75 Å². The van der Waals surface area contributed by atoms with Crippen molar-refractivity contribution in [1.29, 1.82) is 0 Å². The predicted octanol–water partition coefficient (Wildman–Crippen LogP) is 2.70. The molecule has 0 unspecified atom stereocenters. The van der Waals surface area contributed by atoms with Gasteiger partial charge in [0.2, 0.25) is 0 Å². The summed E-state index contributed by atoms with van der Waals surface area (Å²) in [5.74, 6) is 0.917. The summed E-state index contributed by atoms with van der Waals surface area (Å²) >= 11 is 0. The van der Waals surface area contributed by atoms with Crippen molar-refractivity contribution in [1.82, 2.24) is 5.43 Å². The van der Waals surface area contributed by atoms with E-state index in [1.165, 1.54) is 5.56 Å². The number of nitrogens with zero attached hydrogens (tertiary/aromatic N) is 1. The van der Waals surface area contributed by atoms with Crippen LogP contribution in [0.4, 0.5) is 0 Å². The van der Waals surface area contributed by atoms with Crippen LogP contribution in [0, 0.1) is 0 Å². The zero-order valence-corrected chi connectivity index (χ0v) is 11.4. The molecule has 0 atom stereocenters. The normalized spacial score (nSPS) is 10.1. The lowest BCUT2D eigenvalue weighted by molar-refractivity contribution is -0.123. The fraction of sp³-hybridized carbons (Fsp3) is 0.429. The maximum Gasteiger partial charge on any atom is 0.277 e. The Morgan fingerprint density at radius 3 is 2.39 bits per heavy atom. The molecule has 0 bridgehead atoms. The van der Waals surface area contributed by atoms with Crippen LogP contribution in [0.25, 0.3) is 0 Å². The monoisotopic (exact) mass is 248 g/mol. The van der Waals surface area contributed by atoms with Gasteiger partial charge in [-0.2, -0.15) is 5.10 Å². The number of benzene rings is 1. The number of carbonyl (C=O) groups excluding carboxylic acids is 1. The van der Waals surface area contributed by atoms with E-state index in [1.807, 2.05) is 38.1 Å². The highest BCUT2D eigenvalue weighted by Gasteiger charge is 2.03. The molecule has 0 spiro atoms. The molecule has 18 heavy (non-hydrogen) atoms. The second kappa shape index (κ2) is 6.79. The zero-order valence-electron chi connectivity index (χ0n) is 11.4. The number of amides is 1. The van der Waals surface area contributed by atoms with Crippen molar-refractivity contribution in [3.63, 3.8) is 0 Å². The maximum atomic E-state index is 11.4. The summed E-state index contributed by atoms with van der Waals surface area (Å²) in [5.41, 5.74) is 4.45. The number of carbonyl (C=O) groups is 1. The first kappa shape index (κ1) is 14.2. The predicted molar refractivity (Wildman–Crippen MR) is 73.0 cm³/mol. The average Bonchev–Trinajstić information content (AvgIpc) is 2.34. The fourth-order valence-electron chi connectivity index (χ4n) is 1.30. The molecule has 0 radical (unpaired) electrons. The van der Waals surface area contributed by atoms with E-state index >= 15 is 0 Å². The summed E-state index contributed by atoms with van der Waals surface area (Å²) in [7, 11) is 0. The Morgan fingerprint density at radius 1 is 1.28 bits per heavy atom. The van der Waals surface area contributed by atoms with E-state index in [-0.39, 0.29) is 12.5 Å². The van der Waals surface area contributed by atoms with E-state index in [0.29, 0.717) is 11.7 Å². The molecule has 98 valence electrons. The van der Waals surface area contributed by atoms with E-state index in [9.17, 15) is 4.79 Å². The van der Waals surface area contributed by atoms with Crippen molar-refractivity contribution in [3.8, 4) is 5.75 Å². The van der Waals surface area contributed by atoms with Crippen LogP contribution in [0.1, 0.15) is 39.2 Å². The summed E-state index contributed by atoms with van der Waals surface area (Å²) in [4.78, 5) is 11.4. The average molecular weight is 248 g/mol. The molecular formula is C14H20N2O2. The van der Waals surface area contributed by atoms with E-state index < -0.39 is 0 Å². The fourth-order valence-corrected chi connectivity index (χ4v) is 1.30. The number of ether oxygens (including phenoxy) is 1. The first-order valence-electron chi connectivity index (χ1n) is 6.01. The van der Waals surface area contributed by atoms with Crippen molar-refractivity contribution >= 4 is 11.6 Å². The van der Waals surface area contributed by atoms with Crippen LogP contribution in [0.15, 0.2) is 29.4 Å². The molecule has 0 aliphatic carbocycles. The molecule has 4 nitrogen and oxygen atoms in total. The van der Waals surface area contributed by atoms with Gasteiger partial charge in [0.15, 0.2) is 6.61 Å². The minimum absolute atomic E-state index is 0.0300. The number of hydrogen-bond donors (Lipinski definition) is 1. The highest BCUT2D eigenvalue weighted by atomic mass is 16.5. The number of nitrogens with one attached hydrogen (secondary N) is 1. The van der Waals surface area contributed by atoms with Crippen molar-refractivity contribution in [2.24, 2.45) is 5.10 Å². The Kier molecular flexibility index (Phi) is 5.36. The molecular weight excluding hydrogens is 228 g/mol. The van der Waals surface area contributed by atoms with Crippen molar-refractivity contribution in [2.75, 3.05) is 6.61 Å². The standard InChI is InChI=1S/C14H20N2O2/c1-10(2)12-5-7-13(8-6-12)18-9-14(17)16-15-11(3)4/h5-8,10H,9H2,1-4H3,(H,16,17). The highest BCUT2D eigenvalue weighted by molar-refractivity contribution is 5.83. The van der Waals surface area contributed by atoms with Crippen LogP contribution in [-0.4, -0.2) is 18.2 Å². The van der Waals surface area contributed by atoms with Crippen LogP contribution < -0.4 is 10.2 Å². The smallest absolute Gasteiger partial charge is 0.277 e. The minimum Gasteiger partial charge on any atom is -0.484 e.